The van der Waals surface area contributed by atoms with Crippen molar-refractivity contribution in [3.8, 4) is 5.75 Å². The summed E-state index contributed by atoms with van der Waals surface area (Å²) in [6, 6.07) is 14.7. The molecule has 30 heavy (non-hydrogen) atoms. The maximum absolute atomic E-state index is 12.2. The first-order valence-corrected chi connectivity index (χ1v) is 9.79. The molecule has 164 valence electrons. The molecule has 0 spiro atoms. The molecule has 0 unspecified atom stereocenters. The van der Waals surface area contributed by atoms with Crippen LogP contribution in [-0.2, 0) is 19.6 Å². The second-order valence-electron chi connectivity index (χ2n) is 7.10. The minimum absolute atomic E-state index is 0.183. The van der Waals surface area contributed by atoms with Crippen LogP contribution in [0.15, 0.2) is 53.5 Å². The number of hydrogen-bond acceptors (Lipinski definition) is 3. The number of hydrogen-bond donors (Lipinski definition) is 2. The first-order valence-electron chi connectivity index (χ1n) is 9.79. The first-order chi connectivity index (χ1) is 14.3. The van der Waals surface area contributed by atoms with Gasteiger partial charge in [0.05, 0.1) is 6.54 Å². The van der Waals surface area contributed by atoms with Crippen LogP contribution in [0.4, 0.5) is 13.2 Å². The molecule has 0 radical (unpaired) electrons. The Labute approximate surface area is 176 Å². The van der Waals surface area contributed by atoms with Gasteiger partial charge in [-0.3, -0.25) is 0 Å². The van der Waals surface area contributed by atoms with Gasteiger partial charge in [0.25, 0.3) is 0 Å². The van der Waals surface area contributed by atoms with Crippen LogP contribution >= 0.6 is 0 Å². The number of nitrogens with zero attached hydrogens (tertiary/aromatic N) is 2. The van der Waals surface area contributed by atoms with Crippen molar-refractivity contribution in [2.75, 3.05) is 27.2 Å². The number of aliphatic imine (C=N–C) groups is 1. The van der Waals surface area contributed by atoms with Gasteiger partial charge in [-0.1, -0.05) is 36.4 Å². The van der Waals surface area contributed by atoms with Gasteiger partial charge >= 0.3 is 6.18 Å². The van der Waals surface area contributed by atoms with Crippen molar-refractivity contribution in [1.82, 2.24) is 15.5 Å². The van der Waals surface area contributed by atoms with Crippen LogP contribution in [0.1, 0.15) is 23.6 Å². The molecule has 2 aromatic rings. The lowest BCUT2D eigenvalue weighted by Gasteiger charge is -2.16. The number of benzene rings is 2. The van der Waals surface area contributed by atoms with E-state index in [4.69, 9.17) is 4.74 Å². The van der Waals surface area contributed by atoms with E-state index in [-0.39, 0.29) is 5.75 Å². The Kier molecular flexibility index (Phi) is 8.98. The molecule has 2 N–H and O–H groups in total. The molecule has 2 aromatic carbocycles. The topological polar surface area (TPSA) is 48.9 Å². The van der Waals surface area contributed by atoms with E-state index in [2.05, 4.69) is 32.7 Å². The summed E-state index contributed by atoms with van der Waals surface area (Å²) in [6.45, 7) is 3.30. The van der Waals surface area contributed by atoms with Crippen LogP contribution in [0.2, 0.25) is 0 Å². The predicted molar refractivity (Wildman–Crippen MR) is 113 cm³/mol. The summed E-state index contributed by atoms with van der Waals surface area (Å²) in [6.07, 6.45) is -4.35. The Morgan fingerprint density at radius 3 is 2.27 bits per heavy atom. The lowest BCUT2D eigenvalue weighted by molar-refractivity contribution is -0.153. The molecule has 0 atom stereocenters. The zero-order valence-electron chi connectivity index (χ0n) is 17.6. The highest BCUT2D eigenvalue weighted by atomic mass is 19.4. The molecule has 0 amide bonds. The first kappa shape index (κ1) is 23.5. The molecule has 0 aliphatic heterocycles. The van der Waals surface area contributed by atoms with E-state index in [9.17, 15) is 13.2 Å². The fraction of sp³-hybridized carbons (Fsp3) is 0.409. The fourth-order valence-corrected chi connectivity index (χ4v) is 2.77. The van der Waals surface area contributed by atoms with Gasteiger partial charge < -0.3 is 20.3 Å². The van der Waals surface area contributed by atoms with Gasteiger partial charge in [0, 0.05) is 19.6 Å². The van der Waals surface area contributed by atoms with Crippen LogP contribution in [0.3, 0.4) is 0 Å². The van der Waals surface area contributed by atoms with E-state index in [1.165, 1.54) is 23.3 Å². The molecule has 0 aliphatic carbocycles. The zero-order valence-corrected chi connectivity index (χ0v) is 17.6. The number of ether oxygens (including phenoxy) is 1. The lowest BCUT2D eigenvalue weighted by atomic mass is 10.1. The van der Waals surface area contributed by atoms with Crippen molar-refractivity contribution in [3.63, 3.8) is 0 Å². The van der Waals surface area contributed by atoms with E-state index >= 15 is 0 Å². The average Bonchev–Trinajstić information content (AvgIpc) is 2.69. The molecule has 2 rings (SSSR count). The van der Waals surface area contributed by atoms with Crippen molar-refractivity contribution in [2.45, 2.75) is 32.7 Å². The predicted octanol–water partition coefficient (Wildman–Crippen LogP) is 3.94. The van der Waals surface area contributed by atoms with Crippen molar-refractivity contribution in [3.05, 3.63) is 65.2 Å². The maximum atomic E-state index is 12.2. The minimum Gasteiger partial charge on any atom is -0.484 e. The average molecular weight is 422 g/mol. The molecule has 0 heterocycles. The fourth-order valence-electron chi connectivity index (χ4n) is 2.77. The van der Waals surface area contributed by atoms with Gasteiger partial charge in [0.15, 0.2) is 12.6 Å². The largest absolute Gasteiger partial charge is 0.484 e. The number of rotatable bonds is 9. The van der Waals surface area contributed by atoms with Crippen molar-refractivity contribution in [2.24, 2.45) is 4.99 Å². The van der Waals surface area contributed by atoms with Crippen LogP contribution in [0.5, 0.6) is 5.75 Å². The Bertz CT molecular complexity index is 805. The molecular weight excluding hydrogens is 393 g/mol. The van der Waals surface area contributed by atoms with Gasteiger partial charge in [-0.15, -0.1) is 0 Å². The highest BCUT2D eigenvalue weighted by Crippen LogP contribution is 2.19. The Morgan fingerprint density at radius 2 is 1.67 bits per heavy atom. The van der Waals surface area contributed by atoms with Crippen LogP contribution in [0.25, 0.3) is 0 Å². The van der Waals surface area contributed by atoms with Gasteiger partial charge in [-0.2, -0.15) is 13.2 Å². The normalized spacial score (nSPS) is 12.2. The van der Waals surface area contributed by atoms with Gasteiger partial charge in [0.2, 0.25) is 0 Å². The number of alkyl halides is 3. The van der Waals surface area contributed by atoms with Gasteiger partial charge in [-0.25, -0.2) is 4.99 Å². The molecule has 0 aliphatic rings. The highest BCUT2D eigenvalue weighted by Gasteiger charge is 2.28. The SMILES string of the molecule is CCNC(=NCc1ccc(OCC(F)(F)F)cc1)NCc1ccccc1CN(C)C. The van der Waals surface area contributed by atoms with Crippen LogP contribution < -0.4 is 15.4 Å². The van der Waals surface area contributed by atoms with E-state index in [1.54, 1.807) is 12.1 Å². The van der Waals surface area contributed by atoms with E-state index in [0.29, 0.717) is 19.0 Å². The molecule has 5 nitrogen and oxygen atoms in total. The Balaban J connectivity index is 1.96. The summed E-state index contributed by atoms with van der Waals surface area (Å²) >= 11 is 0. The maximum Gasteiger partial charge on any atom is 0.422 e. The number of halogens is 3. The second kappa shape index (κ2) is 11.4. The molecule has 0 aromatic heterocycles. The van der Waals surface area contributed by atoms with E-state index in [1.807, 2.05) is 33.2 Å². The third-order valence-corrected chi connectivity index (χ3v) is 4.14. The van der Waals surface area contributed by atoms with Crippen molar-refractivity contribution in [1.29, 1.82) is 0 Å². The highest BCUT2D eigenvalue weighted by molar-refractivity contribution is 5.79. The Hall–Kier alpha value is -2.74. The summed E-state index contributed by atoms with van der Waals surface area (Å²) in [7, 11) is 4.07. The molecule has 0 fully saturated rings. The van der Waals surface area contributed by atoms with Crippen molar-refractivity contribution >= 4 is 5.96 Å². The summed E-state index contributed by atoms with van der Waals surface area (Å²) in [5.74, 6) is 0.858. The van der Waals surface area contributed by atoms with E-state index < -0.39 is 12.8 Å². The third kappa shape index (κ3) is 8.73. The van der Waals surface area contributed by atoms with Crippen LogP contribution in [-0.4, -0.2) is 44.3 Å². The number of nitrogens with one attached hydrogen (secondary N) is 2. The lowest BCUT2D eigenvalue weighted by Crippen LogP contribution is -2.37. The number of guanidine groups is 1. The summed E-state index contributed by atoms with van der Waals surface area (Å²) in [5.41, 5.74) is 3.32. The Morgan fingerprint density at radius 1 is 1.00 bits per heavy atom. The summed E-state index contributed by atoms with van der Waals surface area (Å²) in [5, 5.41) is 6.55. The summed E-state index contributed by atoms with van der Waals surface area (Å²) in [4.78, 5) is 6.69. The summed E-state index contributed by atoms with van der Waals surface area (Å²) < 4.78 is 41.4. The van der Waals surface area contributed by atoms with Gasteiger partial charge in [0.1, 0.15) is 5.75 Å². The molecule has 8 heteroatoms. The van der Waals surface area contributed by atoms with Gasteiger partial charge in [-0.05, 0) is 49.8 Å². The van der Waals surface area contributed by atoms with E-state index in [0.717, 1.165) is 18.7 Å². The molecule has 0 bridgehead atoms. The quantitative estimate of drug-likeness (QED) is 0.475. The van der Waals surface area contributed by atoms with Crippen molar-refractivity contribution < 1.29 is 17.9 Å². The second-order valence-corrected chi connectivity index (χ2v) is 7.10. The van der Waals surface area contributed by atoms with Crippen LogP contribution in [0, 0.1) is 0 Å². The third-order valence-electron chi connectivity index (χ3n) is 4.14. The standard InChI is InChI=1S/C22H29F3N4O/c1-4-26-21(28-14-18-7-5-6-8-19(18)15-29(2)3)27-13-17-9-11-20(12-10-17)30-16-22(23,24)25/h5-12H,4,13-16H2,1-3H3,(H2,26,27,28). The minimum atomic E-state index is -4.35. The zero-order chi connectivity index (χ0) is 22.0. The molecule has 0 saturated heterocycles. The smallest absolute Gasteiger partial charge is 0.422 e. The molecule has 0 saturated carbocycles. The molecular formula is C22H29F3N4O. The monoisotopic (exact) mass is 422 g/mol.